The van der Waals surface area contributed by atoms with Crippen LogP contribution in [-0.2, 0) is 9.59 Å². The number of amides is 2. The van der Waals surface area contributed by atoms with E-state index in [0.29, 0.717) is 13.0 Å². The van der Waals surface area contributed by atoms with Gasteiger partial charge in [-0.05, 0) is 57.8 Å². The van der Waals surface area contributed by atoms with Crippen molar-refractivity contribution in [3.05, 3.63) is 28.8 Å². The topological polar surface area (TPSA) is 61.4 Å². The minimum atomic E-state index is -0.243. The number of piperidine rings is 1. The fraction of sp³-hybridized carbons (Fsp3) is 0.579. The van der Waals surface area contributed by atoms with E-state index in [1.165, 1.54) is 5.56 Å². The summed E-state index contributed by atoms with van der Waals surface area (Å²) in [6.07, 6.45) is 2.24. The second-order valence-corrected chi connectivity index (χ2v) is 7.19. The second kappa shape index (κ2) is 6.93. The predicted molar refractivity (Wildman–Crippen MR) is 95.1 cm³/mol. The van der Waals surface area contributed by atoms with Gasteiger partial charge in [0.05, 0.1) is 5.92 Å². The highest BCUT2D eigenvalue weighted by molar-refractivity contribution is 6.01. The monoisotopic (exact) mass is 329 g/mol. The number of hydrogen-bond donors (Lipinski definition) is 2. The average molecular weight is 329 g/mol. The van der Waals surface area contributed by atoms with E-state index in [-0.39, 0.29) is 23.8 Å². The molecule has 5 nitrogen and oxygen atoms in total. The third kappa shape index (κ3) is 3.46. The first-order valence-electron chi connectivity index (χ1n) is 8.85. The molecule has 2 aliphatic heterocycles. The smallest absolute Gasteiger partial charge is 0.227 e. The van der Waals surface area contributed by atoms with Gasteiger partial charge in [0, 0.05) is 24.7 Å². The van der Waals surface area contributed by atoms with Gasteiger partial charge >= 0.3 is 0 Å². The lowest BCUT2D eigenvalue weighted by Crippen LogP contribution is -2.45. The fourth-order valence-electron chi connectivity index (χ4n) is 3.98. The molecule has 2 heterocycles. The van der Waals surface area contributed by atoms with E-state index in [1.807, 2.05) is 13.8 Å². The minimum absolute atomic E-state index is 0.0279. The van der Waals surface area contributed by atoms with E-state index in [0.717, 1.165) is 42.7 Å². The van der Waals surface area contributed by atoms with Gasteiger partial charge in [0.15, 0.2) is 0 Å². The van der Waals surface area contributed by atoms with Gasteiger partial charge in [0.2, 0.25) is 11.8 Å². The van der Waals surface area contributed by atoms with E-state index >= 15 is 0 Å². The van der Waals surface area contributed by atoms with Crippen molar-refractivity contribution in [3.8, 4) is 0 Å². The largest absolute Gasteiger partial charge is 0.353 e. The van der Waals surface area contributed by atoms with Crippen LogP contribution in [0.2, 0.25) is 0 Å². The molecule has 1 aromatic carbocycles. The molecular weight excluding hydrogens is 302 g/mol. The van der Waals surface area contributed by atoms with Crippen molar-refractivity contribution in [1.82, 2.24) is 10.6 Å². The van der Waals surface area contributed by atoms with Gasteiger partial charge in [-0.25, -0.2) is 0 Å². The van der Waals surface area contributed by atoms with Crippen LogP contribution in [-0.4, -0.2) is 37.5 Å². The van der Waals surface area contributed by atoms with Crippen LogP contribution in [0, 0.1) is 26.7 Å². The summed E-state index contributed by atoms with van der Waals surface area (Å²) >= 11 is 0. The lowest BCUT2D eigenvalue weighted by Gasteiger charge is -2.25. The molecular formula is C19H27N3O2. The quantitative estimate of drug-likeness (QED) is 0.889. The number of anilines is 1. The Morgan fingerprint density at radius 2 is 1.79 bits per heavy atom. The summed E-state index contributed by atoms with van der Waals surface area (Å²) in [6.45, 7) is 8.51. The third-order valence-corrected chi connectivity index (χ3v) is 5.09. The van der Waals surface area contributed by atoms with Gasteiger partial charge in [0.25, 0.3) is 0 Å². The van der Waals surface area contributed by atoms with Gasteiger partial charge in [-0.1, -0.05) is 17.7 Å². The number of carbonyl (C=O) groups excluding carboxylic acids is 2. The van der Waals surface area contributed by atoms with E-state index < -0.39 is 0 Å². The number of nitrogens with zero attached hydrogens (tertiary/aromatic N) is 1. The highest BCUT2D eigenvalue weighted by atomic mass is 16.2. The number of benzene rings is 1. The highest BCUT2D eigenvalue weighted by Crippen LogP contribution is 2.32. The summed E-state index contributed by atoms with van der Waals surface area (Å²) in [6, 6.07) is 4.43. The summed E-state index contributed by atoms with van der Waals surface area (Å²) < 4.78 is 0. The zero-order chi connectivity index (χ0) is 17.3. The van der Waals surface area contributed by atoms with Gasteiger partial charge in [0.1, 0.15) is 0 Å². The Bertz CT molecular complexity index is 627. The Balaban J connectivity index is 1.70. The summed E-state index contributed by atoms with van der Waals surface area (Å²) in [5, 5.41) is 6.43. The Morgan fingerprint density at radius 1 is 1.17 bits per heavy atom. The van der Waals surface area contributed by atoms with Crippen molar-refractivity contribution in [2.75, 3.05) is 24.5 Å². The van der Waals surface area contributed by atoms with Gasteiger partial charge < -0.3 is 15.5 Å². The molecule has 1 aromatic rings. The van der Waals surface area contributed by atoms with E-state index in [4.69, 9.17) is 0 Å². The zero-order valence-corrected chi connectivity index (χ0v) is 14.8. The Labute approximate surface area is 143 Å². The zero-order valence-electron chi connectivity index (χ0n) is 14.8. The molecule has 5 heteroatoms. The standard InChI is InChI=1S/C19H27N3O2/c1-12-8-13(2)18(14(3)9-12)22-11-15(10-17(22)23)19(24)21-16-4-6-20-7-5-16/h8-9,15-16,20H,4-7,10-11H2,1-3H3,(H,21,24). The van der Waals surface area contributed by atoms with Gasteiger partial charge in [-0.15, -0.1) is 0 Å². The maximum atomic E-state index is 12.5. The Morgan fingerprint density at radius 3 is 2.42 bits per heavy atom. The van der Waals surface area contributed by atoms with Crippen molar-refractivity contribution in [3.63, 3.8) is 0 Å². The molecule has 0 aliphatic carbocycles. The molecule has 0 spiro atoms. The van der Waals surface area contributed by atoms with Crippen molar-refractivity contribution in [1.29, 1.82) is 0 Å². The first-order chi connectivity index (χ1) is 11.5. The van der Waals surface area contributed by atoms with Gasteiger partial charge in [-0.2, -0.15) is 0 Å². The van der Waals surface area contributed by atoms with Crippen LogP contribution in [0.1, 0.15) is 36.0 Å². The van der Waals surface area contributed by atoms with Crippen LogP contribution in [0.25, 0.3) is 0 Å². The summed E-state index contributed by atoms with van der Waals surface area (Å²) in [5.41, 5.74) is 4.36. The summed E-state index contributed by atoms with van der Waals surface area (Å²) in [4.78, 5) is 26.9. The van der Waals surface area contributed by atoms with Crippen molar-refractivity contribution in [2.45, 2.75) is 46.1 Å². The molecule has 130 valence electrons. The highest BCUT2D eigenvalue weighted by Gasteiger charge is 2.36. The molecule has 2 N–H and O–H groups in total. The summed E-state index contributed by atoms with van der Waals surface area (Å²) in [5.74, 6) is -0.164. The number of aryl methyl sites for hydroxylation is 3. The number of hydrogen-bond acceptors (Lipinski definition) is 3. The Hall–Kier alpha value is -1.88. The van der Waals surface area contributed by atoms with Crippen LogP contribution >= 0.6 is 0 Å². The first kappa shape index (κ1) is 17.0. The predicted octanol–water partition coefficient (Wildman–Crippen LogP) is 1.83. The van der Waals surface area contributed by atoms with Gasteiger partial charge in [-0.3, -0.25) is 9.59 Å². The molecule has 2 fully saturated rings. The molecule has 2 aliphatic rings. The van der Waals surface area contributed by atoms with Crippen molar-refractivity contribution >= 4 is 17.5 Å². The molecule has 1 unspecified atom stereocenters. The fourth-order valence-corrected chi connectivity index (χ4v) is 3.98. The number of carbonyl (C=O) groups is 2. The molecule has 0 aromatic heterocycles. The molecule has 3 rings (SSSR count). The molecule has 0 radical (unpaired) electrons. The van der Waals surface area contributed by atoms with Crippen LogP contribution in [0.4, 0.5) is 5.69 Å². The lowest BCUT2D eigenvalue weighted by molar-refractivity contribution is -0.127. The van der Waals surface area contributed by atoms with Crippen molar-refractivity contribution < 1.29 is 9.59 Å². The van der Waals surface area contributed by atoms with Crippen molar-refractivity contribution in [2.24, 2.45) is 5.92 Å². The molecule has 0 saturated carbocycles. The molecule has 24 heavy (non-hydrogen) atoms. The van der Waals surface area contributed by atoms with Crippen LogP contribution in [0.3, 0.4) is 0 Å². The molecule has 2 amide bonds. The van der Waals surface area contributed by atoms with Crippen LogP contribution in [0.5, 0.6) is 0 Å². The maximum absolute atomic E-state index is 12.5. The first-order valence-corrected chi connectivity index (χ1v) is 8.85. The average Bonchev–Trinajstić information content (AvgIpc) is 2.89. The van der Waals surface area contributed by atoms with E-state index in [9.17, 15) is 9.59 Å². The van der Waals surface area contributed by atoms with E-state index in [1.54, 1.807) is 4.90 Å². The number of rotatable bonds is 3. The normalized spacial score (nSPS) is 22.0. The number of nitrogens with one attached hydrogen (secondary N) is 2. The minimum Gasteiger partial charge on any atom is -0.353 e. The van der Waals surface area contributed by atoms with E-state index in [2.05, 4.69) is 29.7 Å². The SMILES string of the molecule is Cc1cc(C)c(N2CC(C(=O)NC3CCNCC3)CC2=O)c(C)c1. The Kier molecular flexibility index (Phi) is 4.90. The maximum Gasteiger partial charge on any atom is 0.227 e. The third-order valence-electron chi connectivity index (χ3n) is 5.09. The lowest BCUT2D eigenvalue weighted by atomic mass is 10.0. The summed E-state index contributed by atoms with van der Waals surface area (Å²) in [7, 11) is 0. The molecule has 0 bridgehead atoms. The second-order valence-electron chi connectivity index (χ2n) is 7.19. The van der Waals surface area contributed by atoms with Crippen LogP contribution in [0.15, 0.2) is 12.1 Å². The van der Waals surface area contributed by atoms with Crippen LogP contribution < -0.4 is 15.5 Å². The molecule has 1 atom stereocenters. The molecule has 2 saturated heterocycles.